The SMILES string of the molecule is O=C(Nc1ccc(N2CCN(C(=O)c3cccc(F)c3)CC2)nc1)c1cccc(F)c1. The van der Waals surface area contributed by atoms with E-state index in [2.05, 4.69) is 10.3 Å². The van der Waals surface area contributed by atoms with Gasteiger partial charge >= 0.3 is 0 Å². The number of nitrogens with zero attached hydrogens (tertiary/aromatic N) is 3. The fourth-order valence-corrected chi connectivity index (χ4v) is 3.42. The first-order chi connectivity index (χ1) is 15.0. The van der Waals surface area contributed by atoms with Crippen molar-refractivity contribution in [2.75, 3.05) is 36.4 Å². The van der Waals surface area contributed by atoms with Crippen LogP contribution in [-0.4, -0.2) is 47.9 Å². The molecular weight excluding hydrogens is 402 g/mol. The molecule has 2 heterocycles. The van der Waals surface area contributed by atoms with Crippen LogP contribution in [-0.2, 0) is 0 Å². The van der Waals surface area contributed by atoms with E-state index >= 15 is 0 Å². The smallest absolute Gasteiger partial charge is 0.255 e. The number of rotatable bonds is 4. The van der Waals surface area contributed by atoms with Gasteiger partial charge in [-0.2, -0.15) is 0 Å². The molecule has 8 heteroatoms. The minimum Gasteiger partial charge on any atom is -0.353 e. The minimum atomic E-state index is -0.476. The molecule has 0 radical (unpaired) electrons. The van der Waals surface area contributed by atoms with Gasteiger partial charge in [0.15, 0.2) is 0 Å². The molecule has 1 saturated heterocycles. The van der Waals surface area contributed by atoms with Crippen LogP contribution in [0.5, 0.6) is 0 Å². The van der Waals surface area contributed by atoms with Gasteiger partial charge in [-0.1, -0.05) is 12.1 Å². The molecule has 4 rings (SSSR count). The zero-order valence-corrected chi connectivity index (χ0v) is 16.6. The van der Waals surface area contributed by atoms with E-state index in [-0.39, 0.29) is 11.5 Å². The largest absolute Gasteiger partial charge is 0.353 e. The number of anilines is 2. The van der Waals surface area contributed by atoms with Crippen LogP contribution in [0.4, 0.5) is 20.3 Å². The number of amides is 2. The molecular formula is C23H20F2N4O2. The Kier molecular flexibility index (Phi) is 5.88. The van der Waals surface area contributed by atoms with Crippen molar-refractivity contribution < 1.29 is 18.4 Å². The van der Waals surface area contributed by atoms with E-state index in [0.29, 0.717) is 37.4 Å². The Balaban J connectivity index is 1.34. The van der Waals surface area contributed by atoms with Gasteiger partial charge in [0.05, 0.1) is 11.9 Å². The van der Waals surface area contributed by atoms with Gasteiger partial charge < -0.3 is 15.1 Å². The van der Waals surface area contributed by atoms with Gasteiger partial charge in [0, 0.05) is 37.3 Å². The van der Waals surface area contributed by atoms with Crippen LogP contribution in [0.1, 0.15) is 20.7 Å². The Labute approximate surface area is 178 Å². The maximum Gasteiger partial charge on any atom is 0.255 e. The van der Waals surface area contributed by atoms with Crippen LogP contribution >= 0.6 is 0 Å². The Bertz CT molecular complexity index is 1100. The van der Waals surface area contributed by atoms with Gasteiger partial charge in [0.2, 0.25) is 0 Å². The van der Waals surface area contributed by atoms with Crippen molar-refractivity contribution in [3.63, 3.8) is 0 Å². The lowest BCUT2D eigenvalue weighted by molar-refractivity contribution is 0.0746. The van der Waals surface area contributed by atoms with Gasteiger partial charge in [0.25, 0.3) is 11.8 Å². The lowest BCUT2D eigenvalue weighted by Crippen LogP contribution is -2.49. The van der Waals surface area contributed by atoms with E-state index in [9.17, 15) is 18.4 Å². The lowest BCUT2D eigenvalue weighted by Gasteiger charge is -2.35. The number of nitrogens with one attached hydrogen (secondary N) is 1. The molecule has 1 N–H and O–H groups in total. The van der Waals surface area contributed by atoms with Gasteiger partial charge in [0.1, 0.15) is 17.5 Å². The summed E-state index contributed by atoms with van der Waals surface area (Å²) in [6, 6.07) is 14.6. The van der Waals surface area contributed by atoms with E-state index in [1.54, 1.807) is 23.1 Å². The number of benzene rings is 2. The molecule has 1 aliphatic rings. The third-order valence-electron chi connectivity index (χ3n) is 5.05. The summed E-state index contributed by atoms with van der Waals surface area (Å²) in [5.41, 5.74) is 1.06. The summed E-state index contributed by atoms with van der Waals surface area (Å²) in [7, 11) is 0. The summed E-state index contributed by atoms with van der Waals surface area (Å²) in [5.74, 6) is -0.794. The predicted molar refractivity (Wildman–Crippen MR) is 113 cm³/mol. The van der Waals surface area contributed by atoms with Crippen molar-refractivity contribution in [1.82, 2.24) is 9.88 Å². The number of hydrogen-bond donors (Lipinski definition) is 1. The zero-order chi connectivity index (χ0) is 21.8. The highest BCUT2D eigenvalue weighted by molar-refractivity contribution is 6.04. The van der Waals surface area contributed by atoms with Crippen molar-refractivity contribution in [2.45, 2.75) is 0 Å². The number of carbonyl (C=O) groups is 2. The van der Waals surface area contributed by atoms with Crippen molar-refractivity contribution >= 4 is 23.3 Å². The molecule has 3 aromatic rings. The molecule has 0 unspecified atom stereocenters. The highest BCUT2D eigenvalue weighted by Crippen LogP contribution is 2.18. The van der Waals surface area contributed by atoms with Crippen LogP contribution in [0.15, 0.2) is 66.9 Å². The Morgan fingerprint density at radius 2 is 1.48 bits per heavy atom. The normalized spacial score (nSPS) is 13.7. The van der Waals surface area contributed by atoms with Crippen LogP contribution in [0.3, 0.4) is 0 Å². The van der Waals surface area contributed by atoms with Crippen molar-refractivity contribution in [3.05, 3.63) is 89.6 Å². The Hall–Kier alpha value is -3.81. The predicted octanol–water partition coefficient (Wildman–Crippen LogP) is 3.57. The maximum atomic E-state index is 13.4. The van der Waals surface area contributed by atoms with Gasteiger partial charge in [-0.3, -0.25) is 9.59 Å². The molecule has 0 aliphatic carbocycles. The molecule has 2 amide bonds. The molecule has 1 aromatic heterocycles. The van der Waals surface area contributed by atoms with Crippen molar-refractivity contribution in [3.8, 4) is 0 Å². The molecule has 0 bridgehead atoms. The van der Waals surface area contributed by atoms with Crippen LogP contribution in [0.2, 0.25) is 0 Å². The molecule has 6 nitrogen and oxygen atoms in total. The third kappa shape index (κ3) is 4.85. The molecule has 0 atom stereocenters. The van der Waals surface area contributed by atoms with Crippen LogP contribution in [0, 0.1) is 11.6 Å². The molecule has 1 aliphatic heterocycles. The zero-order valence-electron chi connectivity index (χ0n) is 16.6. The molecule has 0 saturated carbocycles. The highest BCUT2D eigenvalue weighted by atomic mass is 19.1. The number of pyridine rings is 1. The van der Waals surface area contributed by atoms with E-state index in [4.69, 9.17) is 0 Å². The van der Waals surface area contributed by atoms with Crippen molar-refractivity contribution in [1.29, 1.82) is 0 Å². The van der Waals surface area contributed by atoms with Gasteiger partial charge in [-0.25, -0.2) is 13.8 Å². The Morgan fingerprint density at radius 1 is 0.839 bits per heavy atom. The summed E-state index contributed by atoms with van der Waals surface area (Å²) >= 11 is 0. The quantitative estimate of drug-likeness (QED) is 0.698. The molecule has 2 aromatic carbocycles. The van der Waals surface area contributed by atoms with E-state index < -0.39 is 17.5 Å². The van der Waals surface area contributed by atoms with E-state index in [1.165, 1.54) is 48.7 Å². The first-order valence-electron chi connectivity index (χ1n) is 9.82. The Morgan fingerprint density at radius 3 is 2.10 bits per heavy atom. The molecule has 158 valence electrons. The maximum absolute atomic E-state index is 13.4. The second kappa shape index (κ2) is 8.91. The molecule has 0 spiro atoms. The fourth-order valence-electron chi connectivity index (χ4n) is 3.42. The summed E-state index contributed by atoms with van der Waals surface area (Å²) in [4.78, 5) is 32.9. The van der Waals surface area contributed by atoms with Gasteiger partial charge in [-0.05, 0) is 48.5 Å². The van der Waals surface area contributed by atoms with Crippen LogP contribution in [0.25, 0.3) is 0 Å². The second-order valence-electron chi connectivity index (χ2n) is 7.16. The average molecular weight is 422 g/mol. The fraction of sp³-hybridized carbons (Fsp3) is 0.174. The topological polar surface area (TPSA) is 65.5 Å². The van der Waals surface area contributed by atoms with Gasteiger partial charge in [-0.15, -0.1) is 0 Å². The third-order valence-corrected chi connectivity index (χ3v) is 5.05. The standard InChI is InChI=1S/C23H20F2N4O2/c24-18-5-1-3-16(13-18)22(30)27-20-7-8-21(26-15-20)28-9-11-29(12-10-28)23(31)17-4-2-6-19(25)14-17/h1-8,13-15H,9-12H2,(H,27,30). The summed E-state index contributed by atoms with van der Waals surface area (Å²) < 4.78 is 26.7. The van der Waals surface area contributed by atoms with Crippen molar-refractivity contribution in [2.24, 2.45) is 0 Å². The monoisotopic (exact) mass is 422 g/mol. The number of halogens is 2. The lowest BCUT2D eigenvalue weighted by atomic mass is 10.1. The van der Waals surface area contributed by atoms with E-state index in [1.807, 2.05) is 4.90 Å². The summed E-state index contributed by atoms with van der Waals surface area (Å²) in [6.07, 6.45) is 1.54. The molecule has 31 heavy (non-hydrogen) atoms. The number of carbonyl (C=O) groups excluding carboxylic acids is 2. The summed E-state index contributed by atoms with van der Waals surface area (Å²) in [6.45, 7) is 2.16. The average Bonchev–Trinajstić information content (AvgIpc) is 2.79. The number of aromatic nitrogens is 1. The molecule has 1 fully saturated rings. The highest BCUT2D eigenvalue weighted by Gasteiger charge is 2.23. The number of hydrogen-bond acceptors (Lipinski definition) is 4. The van der Waals surface area contributed by atoms with E-state index in [0.717, 1.165) is 5.82 Å². The van der Waals surface area contributed by atoms with Crippen LogP contribution < -0.4 is 10.2 Å². The number of piperazine rings is 1. The first-order valence-corrected chi connectivity index (χ1v) is 9.82. The minimum absolute atomic E-state index is 0.192. The first kappa shape index (κ1) is 20.5. The second-order valence-corrected chi connectivity index (χ2v) is 7.16. The summed E-state index contributed by atoms with van der Waals surface area (Å²) in [5, 5.41) is 2.69.